The van der Waals surface area contributed by atoms with Gasteiger partial charge in [-0.25, -0.2) is 17.9 Å². The predicted molar refractivity (Wildman–Crippen MR) is 127 cm³/mol. The number of hydrogen-bond acceptors (Lipinski definition) is 2. The molecule has 0 unspecified atom stereocenters. The number of Topliss-reactive ketones (excluding diaryl/α,β-unsaturated/α-hetero) is 1. The van der Waals surface area contributed by atoms with Crippen molar-refractivity contribution in [3.8, 4) is 16.9 Å². The van der Waals surface area contributed by atoms with Gasteiger partial charge in [0, 0.05) is 30.4 Å². The summed E-state index contributed by atoms with van der Waals surface area (Å²) in [6, 6.07) is 21.7. The zero-order valence-electron chi connectivity index (χ0n) is 19.1. The number of aromatic nitrogens is 2. The summed E-state index contributed by atoms with van der Waals surface area (Å²) in [5.41, 5.74) is 4.90. The van der Waals surface area contributed by atoms with Gasteiger partial charge in [-0.05, 0) is 60.5 Å². The van der Waals surface area contributed by atoms with Gasteiger partial charge in [-0.2, -0.15) is 5.10 Å². The maximum Gasteiger partial charge on any atom is 0.273 e. The minimum absolute atomic E-state index is 0.00434. The molecule has 0 atom stereocenters. The van der Waals surface area contributed by atoms with E-state index >= 15 is 0 Å². The maximum atomic E-state index is 13.8. The van der Waals surface area contributed by atoms with Crippen molar-refractivity contribution >= 4 is 5.78 Å². The lowest BCUT2D eigenvalue weighted by Gasteiger charge is -2.14. The van der Waals surface area contributed by atoms with Crippen LogP contribution < -0.4 is 0 Å². The third kappa shape index (κ3) is 5.28. The smallest absolute Gasteiger partial charge is 0.273 e. The summed E-state index contributed by atoms with van der Waals surface area (Å²) in [4.78, 5) is 12.5. The summed E-state index contributed by atoms with van der Waals surface area (Å²) in [5, 5.41) is 4.56. The van der Waals surface area contributed by atoms with E-state index in [9.17, 15) is 18.0 Å². The summed E-state index contributed by atoms with van der Waals surface area (Å²) in [6.45, 7) is 3.34. The van der Waals surface area contributed by atoms with E-state index in [4.69, 9.17) is 0 Å². The van der Waals surface area contributed by atoms with Gasteiger partial charge in [-0.15, -0.1) is 0 Å². The van der Waals surface area contributed by atoms with Crippen molar-refractivity contribution in [1.29, 1.82) is 0 Å². The van der Waals surface area contributed by atoms with E-state index in [-0.39, 0.29) is 36.4 Å². The fraction of sp³-hybridized carbons (Fsp3) is 0.214. The molecule has 0 aliphatic heterocycles. The Balaban J connectivity index is 1.45. The summed E-state index contributed by atoms with van der Waals surface area (Å²) in [6.07, 6.45) is 0.174. The number of benzene rings is 3. The van der Waals surface area contributed by atoms with Crippen LogP contribution >= 0.6 is 0 Å². The van der Waals surface area contributed by atoms with Crippen LogP contribution in [-0.2, 0) is 23.6 Å². The third-order valence-electron chi connectivity index (χ3n) is 5.78. The summed E-state index contributed by atoms with van der Waals surface area (Å²) >= 11 is 0. The van der Waals surface area contributed by atoms with Gasteiger partial charge in [0.15, 0.2) is 0 Å². The standard InChI is InChI=1S/C28H25F3N2O/c1-3-28(30,31)23-10-4-20(5-11-23)17-26(34)18-21-6-14-25(15-7-21)33-27(16-19(2)32-33)22-8-12-24(29)13-9-22/h4-16H,3,17-18H2,1-2H3. The Kier molecular flexibility index (Phi) is 6.68. The predicted octanol–water partition coefficient (Wildman–Crippen LogP) is 6.84. The topological polar surface area (TPSA) is 34.9 Å². The Labute approximate surface area is 196 Å². The Hall–Kier alpha value is -3.67. The lowest BCUT2D eigenvalue weighted by molar-refractivity contribution is -0.117. The van der Waals surface area contributed by atoms with Crippen molar-refractivity contribution in [3.05, 3.63) is 107 Å². The highest BCUT2D eigenvalue weighted by atomic mass is 19.3. The molecule has 0 saturated carbocycles. The van der Waals surface area contributed by atoms with E-state index in [1.165, 1.54) is 31.2 Å². The zero-order valence-corrected chi connectivity index (χ0v) is 19.1. The molecule has 4 aromatic rings. The molecular formula is C28H25F3N2O. The lowest BCUT2D eigenvalue weighted by atomic mass is 9.99. The van der Waals surface area contributed by atoms with E-state index in [1.54, 1.807) is 28.9 Å². The van der Waals surface area contributed by atoms with Crippen LogP contribution in [0.1, 0.15) is 35.7 Å². The number of ketones is 1. The normalized spacial score (nSPS) is 11.6. The fourth-order valence-corrected chi connectivity index (χ4v) is 3.87. The maximum absolute atomic E-state index is 13.8. The summed E-state index contributed by atoms with van der Waals surface area (Å²) < 4.78 is 42.7. The van der Waals surface area contributed by atoms with E-state index in [1.807, 2.05) is 37.3 Å². The number of nitrogens with zero attached hydrogens (tertiary/aromatic N) is 2. The molecule has 3 aromatic carbocycles. The van der Waals surface area contributed by atoms with E-state index in [0.29, 0.717) is 5.56 Å². The van der Waals surface area contributed by atoms with Gasteiger partial charge < -0.3 is 0 Å². The van der Waals surface area contributed by atoms with Crippen LogP contribution in [0, 0.1) is 12.7 Å². The number of carbonyl (C=O) groups excluding carboxylic acids is 1. The highest BCUT2D eigenvalue weighted by Gasteiger charge is 2.28. The second-order valence-corrected chi connectivity index (χ2v) is 8.40. The average Bonchev–Trinajstić information content (AvgIpc) is 3.22. The molecule has 1 heterocycles. The van der Waals surface area contributed by atoms with Crippen molar-refractivity contribution < 1.29 is 18.0 Å². The monoisotopic (exact) mass is 462 g/mol. The molecule has 4 rings (SSSR count). The largest absolute Gasteiger partial charge is 0.299 e. The molecule has 0 aliphatic rings. The summed E-state index contributed by atoms with van der Waals surface area (Å²) in [5.74, 6) is -3.14. The molecule has 0 radical (unpaired) electrons. The summed E-state index contributed by atoms with van der Waals surface area (Å²) in [7, 11) is 0. The number of aryl methyl sites for hydroxylation is 1. The Morgan fingerprint density at radius 1 is 0.882 bits per heavy atom. The van der Waals surface area contributed by atoms with Crippen molar-refractivity contribution in [1.82, 2.24) is 9.78 Å². The fourth-order valence-electron chi connectivity index (χ4n) is 3.87. The quantitative estimate of drug-likeness (QED) is 0.287. The van der Waals surface area contributed by atoms with Gasteiger partial charge in [0.2, 0.25) is 0 Å². The molecule has 1 aromatic heterocycles. The lowest BCUT2D eigenvalue weighted by Crippen LogP contribution is -2.12. The Bertz CT molecular complexity index is 1270. The first-order valence-corrected chi connectivity index (χ1v) is 11.2. The van der Waals surface area contributed by atoms with Gasteiger partial charge in [0.1, 0.15) is 11.6 Å². The first-order chi connectivity index (χ1) is 16.2. The number of carbonyl (C=O) groups is 1. The molecule has 0 amide bonds. The van der Waals surface area contributed by atoms with Gasteiger partial charge in [0.05, 0.1) is 17.1 Å². The number of alkyl halides is 2. The minimum atomic E-state index is -2.85. The van der Waals surface area contributed by atoms with E-state index < -0.39 is 5.92 Å². The van der Waals surface area contributed by atoms with Crippen LogP contribution in [-0.4, -0.2) is 15.6 Å². The average molecular weight is 463 g/mol. The van der Waals surface area contributed by atoms with Crippen LogP contribution in [0.5, 0.6) is 0 Å². The first-order valence-electron chi connectivity index (χ1n) is 11.2. The molecule has 0 bridgehead atoms. The molecule has 0 N–H and O–H groups in total. The molecular weight excluding hydrogens is 437 g/mol. The molecule has 34 heavy (non-hydrogen) atoms. The highest BCUT2D eigenvalue weighted by molar-refractivity contribution is 5.83. The van der Waals surface area contributed by atoms with Gasteiger partial charge in [-0.1, -0.05) is 43.3 Å². The number of halogens is 3. The molecule has 0 fully saturated rings. The molecule has 3 nitrogen and oxygen atoms in total. The zero-order chi connectivity index (χ0) is 24.3. The van der Waals surface area contributed by atoms with Crippen molar-refractivity contribution in [3.63, 3.8) is 0 Å². The Morgan fingerprint density at radius 3 is 2.00 bits per heavy atom. The second kappa shape index (κ2) is 9.67. The SMILES string of the molecule is CCC(F)(F)c1ccc(CC(=O)Cc2ccc(-n3nc(C)cc3-c3ccc(F)cc3)cc2)cc1. The van der Waals surface area contributed by atoms with Crippen LogP contribution in [0.15, 0.2) is 78.9 Å². The number of rotatable bonds is 8. The first kappa shape index (κ1) is 23.5. The number of hydrogen-bond donors (Lipinski definition) is 0. The van der Waals surface area contributed by atoms with Gasteiger partial charge >= 0.3 is 0 Å². The van der Waals surface area contributed by atoms with Crippen molar-refractivity contribution in [2.75, 3.05) is 0 Å². The molecule has 0 saturated heterocycles. The van der Waals surface area contributed by atoms with Crippen LogP contribution in [0.4, 0.5) is 13.2 Å². The molecule has 174 valence electrons. The van der Waals surface area contributed by atoms with Crippen molar-refractivity contribution in [2.45, 2.75) is 39.0 Å². The van der Waals surface area contributed by atoms with E-state index in [0.717, 1.165) is 28.2 Å². The van der Waals surface area contributed by atoms with Gasteiger partial charge in [-0.3, -0.25) is 4.79 Å². The second-order valence-electron chi connectivity index (χ2n) is 8.40. The van der Waals surface area contributed by atoms with Crippen molar-refractivity contribution in [2.24, 2.45) is 0 Å². The molecule has 6 heteroatoms. The van der Waals surface area contributed by atoms with Gasteiger partial charge in [0.25, 0.3) is 5.92 Å². The van der Waals surface area contributed by atoms with Crippen LogP contribution in [0.2, 0.25) is 0 Å². The van der Waals surface area contributed by atoms with Crippen LogP contribution in [0.25, 0.3) is 16.9 Å². The third-order valence-corrected chi connectivity index (χ3v) is 5.78. The Morgan fingerprint density at radius 2 is 1.44 bits per heavy atom. The molecule has 0 aliphatic carbocycles. The molecule has 0 spiro atoms. The highest BCUT2D eigenvalue weighted by Crippen LogP contribution is 2.31. The van der Waals surface area contributed by atoms with E-state index in [2.05, 4.69) is 5.10 Å². The minimum Gasteiger partial charge on any atom is -0.299 e. The van der Waals surface area contributed by atoms with Crippen LogP contribution in [0.3, 0.4) is 0 Å².